The van der Waals surface area contributed by atoms with Gasteiger partial charge in [-0.1, -0.05) is 11.8 Å². The fraction of sp³-hybridized carbons (Fsp3) is 0.900. The molecule has 2 aliphatic heterocycles. The molecule has 17 heavy (non-hydrogen) atoms. The highest BCUT2D eigenvalue weighted by Crippen LogP contribution is 2.37. The van der Waals surface area contributed by atoms with Crippen LogP contribution in [0, 0.1) is 0 Å². The number of nitrogens with one attached hydrogen (secondary N) is 1. The van der Waals surface area contributed by atoms with Crippen LogP contribution in [0.3, 0.4) is 0 Å². The molecule has 7 heteroatoms. The molecule has 0 spiro atoms. The number of ether oxygens (including phenoxy) is 1. The molecule has 2 heterocycles. The summed E-state index contributed by atoms with van der Waals surface area (Å²) < 4.78 is 19.6. The second-order valence-electron chi connectivity index (χ2n) is 4.83. The summed E-state index contributed by atoms with van der Waals surface area (Å²) in [5, 5.41) is 23.1. The van der Waals surface area contributed by atoms with Gasteiger partial charge in [-0.3, -0.25) is 4.99 Å². The highest BCUT2D eigenvalue weighted by Gasteiger charge is 2.53. The molecule has 5 atom stereocenters. The van der Waals surface area contributed by atoms with E-state index in [-0.39, 0.29) is 0 Å². The Bertz CT molecular complexity index is 334. The minimum Gasteiger partial charge on any atom is -0.388 e. The van der Waals surface area contributed by atoms with Crippen molar-refractivity contribution < 1.29 is 19.3 Å². The van der Waals surface area contributed by atoms with Gasteiger partial charge in [0.25, 0.3) is 0 Å². The summed E-state index contributed by atoms with van der Waals surface area (Å²) in [6.45, 7) is 2.99. The number of hydrogen-bond donors (Lipinski definition) is 3. The average molecular weight is 264 g/mol. The number of amidine groups is 1. The van der Waals surface area contributed by atoms with Crippen molar-refractivity contribution in [2.75, 3.05) is 7.05 Å². The third kappa shape index (κ3) is 2.29. The van der Waals surface area contributed by atoms with Gasteiger partial charge in [0.1, 0.15) is 17.6 Å². The Labute approximate surface area is 103 Å². The van der Waals surface area contributed by atoms with Gasteiger partial charge in [-0.25, -0.2) is 4.39 Å². The zero-order valence-electron chi connectivity index (χ0n) is 9.92. The first-order chi connectivity index (χ1) is 7.84. The van der Waals surface area contributed by atoms with E-state index in [1.807, 2.05) is 0 Å². The number of hydrogen-bond acceptors (Lipinski definition) is 5. The number of nitrogens with zero attached hydrogens (tertiary/aromatic N) is 1. The summed E-state index contributed by atoms with van der Waals surface area (Å²) in [7, 11) is 1.60. The number of alkyl halides is 1. The topological polar surface area (TPSA) is 74.1 Å². The van der Waals surface area contributed by atoms with Crippen LogP contribution in [0.1, 0.15) is 13.8 Å². The minimum absolute atomic E-state index is 0.469. The maximum absolute atomic E-state index is 14.1. The predicted octanol–water partition coefficient (Wildman–Crippen LogP) is -0.128. The van der Waals surface area contributed by atoms with Crippen molar-refractivity contribution in [3.05, 3.63) is 0 Å². The van der Waals surface area contributed by atoms with Crippen LogP contribution in [0.2, 0.25) is 0 Å². The molecular weight excluding hydrogens is 247 g/mol. The van der Waals surface area contributed by atoms with Gasteiger partial charge < -0.3 is 20.3 Å². The molecule has 0 aromatic heterocycles. The molecule has 0 aromatic rings. The van der Waals surface area contributed by atoms with E-state index in [2.05, 4.69) is 10.3 Å². The first-order valence-corrected chi connectivity index (χ1v) is 6.32. The third-order valence-corrected chi connectivity index (χ3v) is 4.13. The van der Waals surface area contributed by atoms with Gasteiger partial charge in [0.2, 0.25) is 0 Å². The normalized spacial score (nSPS) is 44.6. The Balaban J connectivity index is 2.19. The van der Waals surface area contributed by atoms with E-state index in [4.69, 9.17) is 4.74 Å². The molecule has 2 fully saturated rings. The van der Waals surface area contributed by atoms with E-state index in [0.717, 1.165) is 0 Å². The average Bonchev–Trinajstić information content (AvgIpc) is 2.65. The highest BCUT2D eigenvalue weighted by atomic mass is 32.2. The fourth-order valence-corrected chi connectivity index (χ4v) is 3.15. The Morgan fingerprint density at radius 2 is 2.18 bits per heavy atom. The lowest BCUT2D eigenvalue weighted by Crippen LogP contribution is -2.62. The standard InChI is InChI=1S/C10H17FN2O3S/c1-10(2,15)7-6(14)4(11)5-8(16-7)17-9(12-3)13-5/h4-8,14-15H,1-3H3,(H,12,13). The molecular formula is C10H17FN2O3S. The number of thioether (sulfide) groups is 1. The molecule has 0 saturated carbocycles. The summed E-state index contributed by atoms with van der Waals surface area (Å²) in [6, 6.07) is -0.618. The molecule has 0 aromatic carbocycles. The number of aliphatic hydroxyl groups excluding tert-OH is 1. The lowest BCUT2D eigenvalue weighted by molar-refractivity contribution is -0.197. The molecule has 0 bridgehead atoms. The largest absolute Gasteiger partial charge is 0.388 e. The first kappa shape index (κ1) is 13.1. The van der Waals surface area contributed by atoms with E-state index in [9.17, 15) is 14.6 Å². The van der Waals surface area contributed by atoms with Crippen LogP contribution in [0.5, 0.6) is 0 Å². The lowest BCUT2D eigenvalue weighted by Gasteiger charge is -2.42. The van der Waals surface area contributed by atoms with Gasteiger partial charge in [0, 0.05) is 7.05 Å². The summed E-state index contributed by atoms with van der Waals surface area (Å²) in [5.41, 5.74) is -1.76. The van der Waals surface area contributed by atoms with Crippen molar-refractivity contribution in [2.45, 2.75) is 49.3 Å². The van der Waals surface area contributed by atoms with Crippen LogP contribution in [0.25, 0.3) is 0 Å². The van der Waals surface area contributed by atoms with Crippen molar-refractivity contribution in [1.29, 1.82) is 0 Å². The van der Waals surface area contributed by atoms with E-state index in [1.54, 1.807) is 7.05 Å². The Morgan fingerprint density at radius 3 is 2.71 bits per heavy atom. The third-order valence-electron chi connectivity index (χ3n) is 2.97. The second-order valence-corrected chi connectivity index (χ2v) is 5.92. The molecule has 0 radical (unpaired) electrons. The molecule has 0 aliphatic carbocycles. The number of fused-ring (bicyclic) bond motifs is 1. The molecule has 2 saturated heterocycles. The first-order valence-electron chi connectivity index (χ1n) is 5.44. The van der Waals surface area contributed by atoms with Crippen LogP contribution < -0.4 is 5.32 Å². The summed E-state index contributed by atoms with van der Waals surface area (Å²) in [5.74, 6) is 0. The number of aliphatic imine (C=N–C) groups is 1. The zero-order valence-corrected chi connectivity index (χ0v) is 10.7. The minimum atomic E-state index is -1.49. The smallest absolute Gasteiger partial charge is 0.159 e. The maximum atomic E-state index is 14.1. The van der Waals surface area contributed by atoms with Crippen LogP contribution in [0.15, 0.2) is 4.99 Å². The van der Waals surface area contributed by atoms with Gasteiger partial charge in [-0.05, 0) is 13.8 Å². The maximum Gasteiger partial charge on any atom is 0.159 e. The van der Waals surface area contributed by atoms with E-state index >= 15 is 0 Å². The quantitative estimate of drug-likeness (QED) is 0.615. The summed E-state index contributed by atoms with van der Waals surface area (Å²) >= 11 is 1.27. The summed E-state index contributed by atoms with van der Waals surface area (Å²) in [6.07, 6.45) is -3.78. The molecule has 0 amide bonds. The highest BCUT2D eigenvalue weighted by molar-refractivity contribution is 8.14. The van der Waals surface area contributed by atoms with Crippen molar-refractivity contribution in [3.63, 3.8) is 0 Å². The zero-order chi connectivity index (χ0) is 12.8. The molecule has 5 unspecified atom stereocenters. The van der Waals surface area contributed by atoms with E-state index < -0.39 is 35.5 Å². The lowest BCUT2D eigenvalue weighted by atomic mass is 9.89. The Hall–Kier alpha value is -0.370. The van der Waals surface area contributed by atoms with Gasteiger partial charge in [-0.15, -0.1) is 0 Å². The van der Waals surface area contributed by atoms with Crippen LogP contribution in [-0.2, 0) is 4.74 Å². The SMILES string of the molecule is CN=C1NC2C(OC(C(C)(C)O)C(O)C2F)S1. The molecule has 2 aliphatic rings. The van der Waals surface area contributed by atoms with E-state index in [1.165, 1.54) is 25.6 Å². The van der Waals surface area contributed by atoms with E-state index in [0.29, 0.717) is 5.17 Å². The van der Waals surface area contributed by atoms with Crippen molar-refractivity contribution >= 4 is 16.9 Å². The number of halogens is 1. The Kier molecular flexibility index (Phi) is 3.37. The van der Waals surface area contributed by atoms with Gasteiger partial charge in [0.05, 0.1) is 11.6 Å². The Morgan fingerprint density at radius 1 is 1.53 bits per heavy atom. The van der Waals surface area contributed by atoms with Gasteiger partial charge in [-0.2, -0.15) is 0 Å². The fourth-order valence-electron chi connectivity index (χ4n) is 2.08. The number of aliphatic hydroxyl groups is 2. The van der Waals surface area contributed by atoms with Crippen molar-refractivity contribution in [2.24, 2.45) is 4.99 Å². The molecule has 5 nitrogen and oxygen atoms in total. The number of rotatable bonds is 1. The predicted molar refractivity (Wildman–Crippen MR) is 63.7 cm³/mol. The van der Waals surface area contributed by atoms with Crippen molar-refractivity contribution in [1.82, 2.24) is 5.32 Å². The molecule has 3 N–H and O–H groups in total. The summed E-state index contributed by atoms with van der Waals surface area (Å²) in [4.78, 5) is 3.94. The second kappa shape index (κ2) is 4.38. The monoisotopic (exact) mass is 264 g/mol. The molecule has 2 rings (SSSR count). The van der Waals surface area contributed by atoms with Crippen molar-refractivity contribution in [3.8, 4) is 0 Å². The molecule has 98 valence electrons. The van der Waals surface area contributed by atoms with Crippen LogP contribution in [-0.4, -0.2) is 57.9 Å². The van der Waals surface area contributed by atoms with Gasteiger partial charge >= 0.3 is 0 Å². The van der Waals surface area contributed by atoms with Crippen LogP contribution >= 0.6 is 11.8 Å². The van der Waals surface area contributed by atoms with Gasteiger partial charge in [0.15, 0.2) is 11.3 Å². The van der Waals surface area contributed by atoms with Crippen LogP contribution in [0.4, 0.5) is 4.39 Å².